The maximum absolute atomic E-state index is 2.47. The van der Waals surface area contributed by atoms with E-state index in [0.29, 0.717) is 5.92 Å². The molecular formula is C41H36N2. The second-order valence-corrected chi connectivity index (χ2v) is 11.4. The Hall–Kier alpha value is -5.08. The smallest absolute Gasteiger partial charge is 0.0491 e. The van der Waals surface area contributed by atoms with Crippen molar-refractivity contribution in [3.63, 3.8) is 0 Å². The Labute approximate surface area is 254 Å². The third kappa shape index (κ3) is 5.57. The molecule has 0 fully saturated rings. The maximum atomic E-state index is 2.47. The van der Waals surface area contributed by atoms with Crippen LogP contribution in [0, 0.1) is 5.92 Å². The molecule has 0 aliphatic heterocycles. The van der Waals surface area contributed by atoms with Crippen molar-refractivity contribution >= 4 is 38.5 Å². The first-order valence-electron chi connectivity index (χ1n) is 15.2. The van der Waals surface area contributed by atoms with Gasteiger partial charge in [-0.2, -0.15) is 0 Å². The highest BCUT2D eigenvalue weighted by Gasteiger charge is 2.19. The maximum Gasteiger partial charge on any atom is 0.0491 e. The number of allylic oxidation sites excluding steroid dienone is 7. The first-order chi connectivity index (χ1) is 21.2. The number of para-hydroxylation sites is 1. The average Bonchev–Trinajstić information content (AvgIpc) is 3.34. The molecule has 5 aromatic rings. The van der Waals surface area contributed by atoms with E-state index >= 15 is 0 Å². The molecular weight excluding hydrogens is 520 g/mol. The van der Waals surface area contributed by atoms with Gasteiger partial charge in [0, 0.05) is 48.2 Å². The second-order valence-electron chi connectivity index (χ2n) is 11.4. The molecule has 0 saturated heterocycles. The number of nitrogens with zero attached hydrogens (tertiary/aromatic N) is 2. The summed E-state index contributed by atoms with van der Waals surface area (Å²) in [7, 11) is 2.20. The number of rotatable bonds is 7. The average molecular weight is 557 g/mol. The molecule has 2 nitrogen and oxygen atoms in total. The van der Waals surface area contributed by atoms with Crippen molar-refractivity contribution in [3.8, 4) is 0 Å². The third-order valence-electron chi connectivity index (χ3n) is 8.69. The van der Waals surface area contributed by atoms with Gasteiger partial charge in [0.05, 0.1) is 0 Å². The zero-order valence-corrected chi connectivity index (χ0v) is 24.6. The summed E-state index contributed by atoms with van der Waals surface area (Å²) in [5.41, 5.74) is 7.53. The second kappa shape index (κ2) is 12.0. The van der Waals surface area contributed by atoms with Gasteiger partial charge in [0.25, 0.3) is 0 Å². The molecule has 1 atom stereocenters. The molecule has 210 valence electrons. The molecule has 1 unspecified atom stereocenters. The lowest BCUT2D eigenvalue weighted by Gasteiger charge is -2.30. The SMILES string of the molecule is CN(C1=CC=C(N(CC2C=CC(c3ccccc3)=CC2)c2ccccc2)C=CC1)c1cc2ccccc2c2ccccc12. The van der Waals surface area contributed by atoms with E-state index in [0.717, 1.165) is 19.4 Å². The fourth-order valence-corrected chi connectivity index (χ4v) is 6.35. The summed E-state index contributed by atoms with van der Waals surface area (Å²) in [4.78, 5) is 4.84. The lowest BCUT2D eigenvalue weighted by molar-refractivity contribution is 0.650. The van der Waals surface area contributed by atoms with E-state index in [1.54, 1.807) is 0 Å². The van der Waals surface area contributed by atoms with Crippen LogP contribution in [-0.2, 0) is 0 Å². The van der Waals surface area contributed by atoms with Gasteiger partial charge in [-0.25, -0.2) is 0 Å². The van der Waals surface area contributed by atoms with E-state index in [9.17, 15) is 0 Å². The number of anilines is 2. The van der Waals surface area contributed by atoms with E-state index in [1.807, 2.05) is 0 Å². The van der Waals surface area contributed by atoms with Gasteiger partial charge in [0.2, 0.25) is 0 Å². The number of benzene rings is 5. The summed E-state index contributed by atoms with van der Waals surface area (Å²) in [5.74, 6) is 0.431. The molecule has 43 heavy (non-hydrogen) atoms. The molecule has 5 aromatic carbocycles. The quantitative estimate of drug-likeness (QED) is 0.184. The zero-order chi connectivity index (χ0) is 29.0. The van der Waals surface area contributed by atoms with Crippen LogP contribution in [0.1, 0.15) is 18.4 Å². The molecule has 0 radical (unpaired) electrons. The van der Waals surface area contributed by atoms with Crippen LogP contribution in [0.3, 0.4) is 0 Å². The van der Waals surface area contributed by atoms with Crippen molar-refractivity contribution in [2.45, 2.75) is 12.8 Å². The fourth-order valence-electron chi connectivity index (χ4n) is 6.35. The standard InChI is InChI=1S/C41H36N2/c1-42(41-29-34-15-8-9-20-38(34)39-21-10-11-22-40(39)41)35-18-12-19-37(28-27-35)43(36-16-6-3-7-17-36)30-31-23-25-33(26-24-31)32-13-4-2-5-14-32/h2-17,19-23,25-29,31H,18,24,30H2,1H3. The van der Waals surface area contributed by atoms with Crippen LogP contribution < -0.4 is 9.80 Å². The van der Waals surface area contributed by atoms with Gasteiger partial charge in [0.15, 0.2) is 0 Å². The minimum atomic E-state index is 0.431. The van der Waals surface area contributed by atoms with Crippen LogP contribution in [0.4, 0.5) is 11.4 Å². The van der Waals surface area contributed by atoms with Gasteiger partial charge in [-0.15, -0.1) is 0 Å². The Bertz CT molecular complexity index is 1910. The Morgan fingerprint density at radius 1 is 0.698 bits per heavy atom. The predicted octanol–water partition coefficient (Wildman–Crippen LogP) is 10.3. The Kier molecular flexibility index (Phi) is 7.50. The van der Waals surface area contributed by atoms with E-state index in [-0.39, 0.29) is 0 Å². The van der Waals surface area contributed by atoms with Gasteiger partial charge in [-0.05, 0) is 76.1 Å². The predicted molar refractivity (Wildman–Crippen MR) is 185 cm³/mol. The topological polar surface area (TPSA) is 6.48 Å². The molecule has 0 saturated carbocycles. The molecule has 2 aliphatic carbocycles. The molecule has 0 N–H and O–H groups in total. The van der Waals surface area contributed by atoms with Crippen molar-refractivity contribution in [1.82, 2.24) is 0 Å². The molecule has 2 heteroatoms. The van der Waals surface area contributed by atoms with E-state index < -0.39 is 0 Å². The Morgan fingerprint density at radius 3 is 2.16 bits per heavy atom. The third-order valence-corrected chi connectivity index (χ3v) is 8.69. The molecule has 0 aromatic heterocycles. The zero-order valence-electron chi connectivity index (χ0n) is 24.6. The van der Waals surface area contributed by atoms with Crippen molar-refractivity contribution < 1.29 is 0 Å². The lowest BCUT2D eigenvalue weighted by Crippen LogP contribution is -2.28. The molecule has 0 spiro atoms. The summed E-state index contributed by atoms with van der Waals surface area (Å²) in [6.07, 6.45) is 18.2. The summed E-state index contributed by atoms with van der Waals surface area (Å²) >= 11 is 0. The van der Waals surface area contributed by atoms with Crippen molar-refractivity contribution in [2.75, 3.05) is 23.4 Å². The van der Waals surface area contributed by atoms with E-state index in [2.05, 4.69) is 175 Å². The molecule has 7 rings (SSSR count). The number of hydrogen-bond acceptors (Lipinski definition) is 2. The molecule has 0 heterocycles. The van der Waals surface area contributed by atoms with Gasteiger partial charge >= 0.3 is 0 Å². The van der Waals surface area contributed by atoms with Crippen LogP contribution in [0.2, 0.25) is 0 Å². The van der Waals surface area contributed by atoms with Gasteiger partial charge in [-0.3, -0.25) is 0 Å². The highest BCUT2D eigenvalue weighted by molar-refractivity contribution is 6.13. The van der Waals surface area contributed by atoms with Crippen LogP contribution in [0.5, 0.6) is 0 Å². The van der Waals surface area contributed by atoms with E-state index in [1.165, 1.54) is 55.5 Å². The van der Waals surface area contributed by atoms with E-state index in [4.69, 9.17) is 0 Å². The monoisotopic (exact) mass is 556 g/mol. The normalized spacial score (nSPS) is 16.4. The summed E-state index contributed by atoms with van der Waals surface area (Å²) in [5, 5.41) is 5.14. The van der Waals surface area contributed by atoms with Crippen molar-refractivity contribution in [1.29, 1.82) is 0 Å². The Morgan fingerprint density at radius 2 is 1.40 bits per heavy atom. The summed E-state index contributed by atoms with van der Waals surface area (Å²) < 4.78 is 0. The van der Waals surface area contributed by atoms with Crippen LogP contribution in [0.25, 0.3) is 27.1 Å². The highest BCUT2D eigenvalue weighted by Crippen LogP contribution is 2.36. The largest absolute Gasteiger partial charge is 0.347 e. The molecule has 0 amide bonds. The van der Waals surface area contributed by atoms with Crippen LogP contribution in [-0.4, -0.2) is 13.6 Å². The first-order valence-corrected chi connectivity index (χ1v) is 15.2. The van der Waals surface area contributed by atoms with Crippen LogP contribution >= 0.6 is 0 Å². The summed E-state index contributed by atoms with van der Waals surface area (Å²) in [6.45, 7) is 0.920. The summed E-state index contributed by atoms with van der Waals surface area (Å²) in [6, 6.07) is 41.3. The number of fused-ring (bicyclic) bond motifs is 3. The fraction of sp³-hybridized carbons (Fsp3) is 0.122. The minimum absolute atomic E-state index is 0.431. The van der Waals surface area contributed by atoms with Gasteiger partial charge in [0.1, 0.15) is 0 Å². The highest BCUT2D eigenvalue weighted by atomic mass is 15.1. The first kappa shape index (κ1) is 26.8. The molecule has 2 aliphatic rings. The van der Waals surface area contributed by atoms with Gasteiger partial charge < -0.3 is 9.80 Å². The van der Waals surface area contributed by atoms with Crippen molar-refractivity contribution in [2.24, 2.45) is 5.92 Å². The minimum Gasteiger partial charge on any atom is -0.347 e. The van der Waals surface area contributed by atoms with Gasteiger partial charge in [-0.1, -0.05) is 121 Å². The van der Waals surface area contributed by atoms with Crippen molar-refractivity contribution in [3.05, 3.63) is 175 Å². The van der Waals surface area contributed by atoms with Crippen LogP contribution in [0.15, 0.2) is 169 Å². The number of hydrogen-bond donors (Lipinski definition) is 0. The Balaban J connectivity index is 1.19. The molecule has 0 bridgehead atoms. The lowest BCUT2D eigenvalue weighted by atomic mass is 9.92.